The third-order valence-electron chi connectivity index (χ3n) is 4.13. The molecule has 6 heteroatoms. The number of nitrogens with one attached hydrogen (secondary N) is 1. The van der Waals surface area contributed by atoms with Crippen molar-refractivity contribution in [2.75, 3.05) is 11.9 Å². The van der Waals surface area contributed by atoms with E-state index in [0.29, 0.717) is 21.4 Å². The van der Waals surface area contributed by atoms with E-state index in [4.69, 9.17) is 4.74 Å². The number of carbonyl (C=O) groups excluding carboxylic acids is 2. The molecule has 0 radical (unpaired) electrons. The van der Waals surface area contributed by atoms with E-state index in [0.717, 1.165) is 11.1 Å². The van der Waals surface area contributed by atoms with E-state index in [1.54, 1.807) is 13.0 Å². The Bertz CT molecular complexity index is 925. The van der Waals surface area contributed by atoms with E-state index in [1.165, 1.54) is 28.2 Å². The summed E-state index contributed by atoms with van der Waals surface area (Å²) in [6.07, 6.45) is 0. The fourth-order valence-corrected chi connectivity index (χ4v) is 4.26. The zero-order valence-electron chi connectivity index (χ0n) is 15.4. The maximum Gasteiger partial charge on any atom is 0.341 e. The summed E-state index contributed by atoms with van der Waals surface area (Å²) >= 11 is 2.69. The Morgan fingerprint density at radius 3 is 2.44 bits per heavy atom. The van der Waals surface area contributed by atoms with Crippen LogP contribution in [0.2, 0.25) is 0 Å². The molecule has 0 atom stereocenters. The molecule has 0 aliphatic rings. The Labute approximate surface area is 166 Å². The van der Waals surface area contributed by atoms with Gasteiger partial charge in [0.2, 0.25) is 0 Å². The standard InChI is InChI=1S/C21H21NO3S2/c1-4-25-21(24)18-16(15-9-7-14(8-10-15)13(2)3)12-27-20(18)22-19(23)17-6-5-11-26-17/h5-13H,4H2,1-3H3,(H,22,23). The first-order chi connectivity index (χ1) is 13.0. The van der Waals surface area contributed by atoms with Gasteiger partial charge >= 0.3 is 5.97 Å². The quantitative estimate of drug-likeness (QED) is 0.515. The normalized spacial score (nSPS) is 10.8. The number of thiophene rings is 2. The van der Waals surface area contributed by atoms with Gasteiger partial charge in [-0.3, -0.25) is 4.79 Å². The van der Waals surface area contributed by atoms with Gasteiger partial charge in [0.25, 0.3) is 5.91 Å². The molecule has 2 heterocycles. The second-order valence-corrected chi connectivity index (χ2v) is 8.11. The Hall–Kier alpha value is -2.44. The summed E-state index contributed by atoms with van der Waals surface area (Å²) in [7, 11) is 0. The smallest absolute Gasteiger partial charge is 0.341 e. The minimum absolute atomic E-state index is 0.223. The second kappa shape index (κ2) is 8.50. The van der Waals surface area contributed by atoms with Gasteiger partial charge in [0.05, 0.1) is 11.5 Å². The lowest BCUT2D eigenvalue weighted by atomic mass is 9.98. The highest BCUT2D eigenvalue weighted by atomic mass is 32.1. The topological polar surface area (TPSA) is 55.4 Å². The molecule has 27 heavy (non-hydrogen) atoms. The van der Waals surface area contributed by atoms with Crippen molar-refractivity contribution < 1.29 is 14.3 Å². The number of amides is 1. The number of hydrogen-bond donors (Lipinski definition) is 1. The molecule has 140 valence electrons. The van der Waals surface area contributed by atoms with Crippen molar-refractivity contribution in [1.82, 2.24) is 0 Å². The van der Waals surface area contributed by atoms with Crippen LogP contribution in [0.25, 0.3) is 11.1 Å². The molecule has 0 aliphatic carbocycles. The van der Waals surface area contributed by atoms with Crippen LogP contribution in [0.5, 0.6) is 0 Å². The maximum absolute atomic E-state index is 12.6. The number of rotatable bonds is 6. The molecule has 1 aromatic carbocycles. The molecular formula is C21H21NO3S2. The Kier molecular flexibility index (Phi) is 6.08. The first-order valence-electron chi connectivity index (χ1n) is 8.75. The van der Waals surface area contributed by atoms with Crippen LogP contribution in [-0.4, -0.2) is 18.5 Å². The number of ether oxygens (including phenoxy) is 1. The largest absolute Gasteiger partial charge is 0.462 e. The lowest BCUT2D eigenvalue weighted by Gasteiger charge is -2.10. The number of carbonyl (C=O) groups is 2. The summed E-state index contributed by atoms with van der Waals surface area (Å²) in [4.78, 5) is 25.6. The van der Waals surface area contributed by atoms with Crippen molar-refractivity contribution in [2.24, 2.45) is 0 Å². The van der Waals surface area contributed by atoms with Crippen LogP contribution < -0.4 is 5.32 Å². The fourth-order valence-electron chi connectivity index (χ4n) is 2.69. The van der Waals surface area contributed by atoms with E-state index in [9.17, 15) is 9.59 Å². The summed E-state index contributed by atoms with van der Waals surface area (Å²) in [5.41, 5.74) is 3.34. The average Bonchev–Trinajstić information content (AvgIpc) is 3.32. The molecule has 0 saturated heterocycles. The highest BCUT2D eigenvalue weighted by Crippen LogP contribution is 2.37. The molecule has 1 amide bonds. The van der Waals surface area contributed by atoms with Crippen molar-refractivity contribution >= 4 is 39.6 Å². The third-order valence-corrected chi connectivity index (χ3v) is 5.90. The van der Waals surface area contributed by atoms with Crippen molar-refractivity contribution in [2.45, 2.75) is 26.7 Å². The number of benzene rings is 1. The summed E-state index contributed by atoms with van der Waals surface area (Å²) < 4.78 is 5.24. The van der Waals surface area contributed by atoms with E-state index >= 15 is 0 Å². The van der Waals surface area contributed by atoms with Crippen molar-refractivity contribution in [1.29, 1.82) is 0 Å². The summed E-state index contributed by atoms with van der Waals surface area (Å²) in [5.74, 6) is -0.214. The molecule has 1 N–H and O–H groups in total. The van der Waals surface area contributed by atoms with E-state index in [2.05, 4.69) is 31.3 Å². The average molecular weight is 400 g/mol. The summed E-state index contributed by atoms with van der Waals surface area (Å²) in [6, 6.07) is 11.7. The predicted molar refractivity (Wildman–Crippen MR) is 112 cm³/mol. The molecule has 0 fully saturated rings. The minimum Gasteiger partial charge on any atom is -0.462 e. The zero-order valence-corrected chi connectivity index (χ0v) is 17.1. The Morgan fingerprint density at radius 2 is 1.85 bits per heavy atom. The SMILES string of the molecule is CCOC(=O)c1c(-c2ccc(C(C)C)cc2)csc1NC(=O)c1cccs1. The van der Waals surface area contributed by atoms with E-state index in [-0.39, 0.29) is 12.5 Å². The first kappa shape index (κ1) is 19.3. The van der Waals surface area contributed by atoms with E-state index in [1.807, 2.05) is 29.0 Å². The van der Waals surface area contributed by atoms with Crippen LogP contribution >= 0.6 is 22.7 Å². The maximum atomic E-state index is 12.6. The van der Waals surface area contributed by atoms with Gasteiger partial charge in [-0.2, -0.15) is 0 Å². The van der Waals surface area contributed by atoms with Crippen LogP contribution in [0.1, 0.15) is 52.3 Å². The van der Waals surface area contributed by atoms with Gasteiger partial charge < -0.3 is 10.1 Å². The highest BCUT2D eigenvalue weighted by molar-refractivity contribution is 7.15. The van der Waals surface area contributed by atoms with Crippen LogP contribution in [0.3, 0.4) is 0 Å². The summed E-state index contributed by atoms with van der Waals surface area (Å²) in [6.45, 7) is 6.33. The number of esters is 1. The molecule has 0 aliphatic heterocycles. The first-order valence-corrected chi connectivity index (χ1v) is 10.5. The van der Waals surface area contributed by atoms with Gasteiger partial charge in [-0.25, -0.2) is 4.79 Å². The number of anilines is 1. The van der Waals surface area contributed by atoms with Gasteiger partial charge in [0, 0.05) is 10.9 Å². The fraction of sp³-hybridized carbons (Fsp3) is 0.238. The third kappa shape index (κ3) is 4.28. The second-order valence-electron chi connectivity index (χ2n) is 6.28. The van der Waals surface area contributed by atoms with E-state index < -0.39 is 5.97 Å². The minimum atomic E-state index is -0.428. The van der Waals surface area contributed by atoms with Crippen LogP contribution in [0, 0.1) is 0 Å². The van der Waals surface area contributed by atoms with Gasteiger partial charge in [-0.1, -0.05) is 44.2 Å². The Morgan fingerprint density at radius 1 is 1.11 bits per heavy atom. The summed E-state index contributed by atoms with van der Waals surface area (Å²) in [5, 5.41) is 7.10. The van der Waals surface area contributed by atoms with Gasteiger partial charge in [0.1, 0.15) is 10.6 Å². The molecule has 4 nitrogen and oxygen atoms in total. The monoisotopic (exact) mass is 399 g/mol. The molecule has 0 unspecified atom stereocenters. The Balaban J connectivity index is 1.97. The van der Waals surface area contributed by atoms with Crippen molar-refractivity contribution in [3.05, 3.63) is 63.2 Å². The molecular weight excluding hydrogens is 378 g/mol. The molecule has 0 saturated carbocycles. The predicted octanol–water partition coefficient (Wildman–Crippen LogP) is 6.03. The van der Waals surface area contributed by atoms with Gasteiger partial charge in [-0.15, -0.1) is 22.7 Å². The number of hydrogen-bond acceptors (Lipinski definition) is 5. The van der Waals surface area contributed by atoms with Crippen molar-refractivity contribution in [3.8, 4) is 11.1 Å². The van der Waals surface area contributed by atoms with Crippen LogP contribution in [-0.2, 0) is 4.74 Å². The molecule has 0 bridgehead atoms. The lowest BCUT2D eigenvalue weighted by Crippen LogP contribution is -2.13. The van der Waals surface area contributed by atoms with Crippen LogP contribution in [0.15, 0.2) is 47.2 Å². The van der Waals surface area contributed by atoms with Crippen LogP contribution in [0.4, 0.5) is 5.00 Å². The van der Waals surface area contributed by atoms with Gasteiger partial charge in [0.15, 0.2) is 0 Å². The zero-order chi connectivity index (χ0) is 19.4. The lowest BCUT2D eigenvalue weighted by molar-refractivity contribution is 0.0529. The molecule has 0 spiro atoms. The highest BCUT2D eigenvalue weighted by Gasteiger charge is 2.23. The molecule has 3 rings (SSSR count). The van der Waals surface area contributed by atoms with Gasteiger partial charge in [-0.05, 0) is 35.4 Å². The molecule has 2 aromatic heterocycles. The molecule has 3 aromatic rings. The van der Waals surface area contributed by atoms with Crippen molar-refractivity contribution in [3.63, 3.8) is 0 Å².